The summed E-state index contributed by atoms with van der Waals surface area (Å²) in [6.07, 6.45) is -4.22. The molecule has 0 spiro atoms. The molecule has 3 atom stereocenters. The molecule has 0 bridgehead atoms. The number of carbonyl (C=O) groups is 1. The second-order valence-corrected chi connectivity index (χ2v) is 9.11. The van der Waals surface area contributed by atoms with Crippen molar-refractivity contribution in [2.24, 2.45) is 5.92 Å². The molecule has 2 unspecified atom stereocenters. The van der Waals surface area contributed by atoms with E-state index < -0.39 is 29.9 Å². The predicted molar refractivity (Wildman–Crippen MR) is 113 cm³/mol. The summed E-state index contributed by atoms with van der Waals surface area (Å²) in [6, 6.07) is 3.26. The van der Waals surface area contributed by atoms with Gasteiger partial charge in [0.05, 0.1) is 30.5 Å². The number of nitrogens with zero attached hydrogens (tertiary/aromatic N) is 3. The first-order valence-corrected chi connectivity index (χ1v) is 11.4. The first-order valence-electron chi connectivity index (χ1n) is 11.4. The second kappa shape index (κ2) is 9.18. The van der Waals surface area contributed by atoms with E-state index in [2.05, 4.69) is 15.3 Å². The molecule has 1 amide bonds. The molecular formula is C23H26F4N4O3. The predicted octanol–water partition coefficient (Wildman–Crippen LogP) is 3.35. The van der Waals surface area contributed by atoms with Crippen LogP contribution in [0.15, 0.2) is 24.3 Å². The lowest BCUT2D eigenvalue weighted by atomic mass is 9.98. The summed E-state index contributed by atoms with van der Waals surface area (Å²) in [6.45, 7) is 4.44. The van der Waals surface area contributed by atoms with E-state index in [4.69, 9.17) is 9.47 Å². The van der Waals surface area contributed by atoms with Gasteiger partial charge in [0.15, 0.2) is 11.9 Å². The molecule has 0 radical (unpaired) electrons. The number of aromatic nitrogens is 2. The van der Waals surface area contributed by atoms with Crippen LogP contribution in [-0.2, 0) is 24.0 Å². The molecule has 1 N–H and O–H groups in total. The smallest absolute Gasteiger partial charge is 0.416 e. The number of ether oxygens (including phenoxy) is 2. The molecule has 7 nitrogen and oxygen atoms in total. The molecule has 5 rings (SSSR count). The first kappa shape index (κ1) is 23.1. The average molecular weight is 482 g/mol. The van der Waals surface area contributed by atoms with Crippen LogP contribution >= 0.6 is 0 Å². The van der Waals surface area contributed by atoms with Gasteiger partial charge in [-0.15, -0.1) is 0 Å². The first-order chi connectivity index (χ1) is 16.3. The van der Waals surface area contributed by atoms with Crippen molar-refractivity contribution in [2.45, 2.75) is 44.3 Å². The molecule has 1 fully saturated rings. The molecule has 34 heavy (non-hydrogen) atoms. The largest absolute Gasteiger partial charge is 0.491 e. The van der Waals surface area contributed by atoms with Gasteiger partial charge in [0, 0.05) is 31.8 Å². The summed E-state index contributed by atoms with van der Waals surface area (Å²) in [5, 5.41) is 6.90. The number of halogens is 4. The zero-order valence-corrected chi connectivity index (χ0v) is 18.5. The zero-order chi connectivity index (χ0) is 23.9. The summed E-state index contributed by atoms with van der Waals surface area (Å²) in [5.41, 5.74) is -0.140. The molecule has 1 saturated heterocycles. The van der Waals surface area contributed by atoms with Gasteiger partial charge in [-0.1, -0.05) is 0 Å². The highest BCUT2D eigenvalue weighted by atomic mass is 19.4. The maximum absolute atomic E-state index is 15.1. The topological polar surface area (TPSA) is 68.6 Å². The quantitative estimate of drug-likeness (QED) is 0.678. The number of alkyl halides is 4. The zero-order valence-electron chi connectivity index (χ0n) is 18.5. The Morgan fingerprint density at radius 1 is 1.21 bits per heavy atom. The monoisotopic (exact) mass is 482 g/mol. The fourth-order valence-corrected chi connectivity index (χ4v) is 4.81. The maximum atomic E-state index is 15.1. The van der Waals surface area contributed by atoms with Gasteiger partial charge in [0.25, 0.3) is 5.91 Å². The number of hydrogen-bond donors (Lipinski definition) is 1. The van der Waals surface area contributed by atoms with E-state index >= 15 is 4.39 Å². The Balaban J connectivity index is 1.23. The van der Waals surface area contributed by atoms with E-state index in [1.54, 1.807) is 10.7 Å². The van der Waals surface area contributed by atoms with Gasteiger partial charge < -0.3 is 14.8 Å². The van der Waals surface area contributed by atoms with Gasteiger partial charge >= 0.3 is 6.18 Å². The Morgan fingerprint density at radius 3 is 2.82 bits per heavy atom. The summed E-state index contributed by atoms with van der Waals surface area (Å²) in [4.78, 5) is 15.1. The lowest BCUT2D eigenvalue weighted by molar-refractivity contribution is -0.137. The standard InChI is InChI=1S/C23H26F4N4O3/c24-21-17-8-15(23(25,26)27)3-4-20(17)34-13-19(21)28-22(32)18-9-16-11-30(5-6-31(16)29-18)10-14-2-1-7-33-12-14/h3-4,8-9,14,19,21H,1-2,5-7,10-13H2,(H,28,32)/t14?,19-,21?/m0/s1. The normalized spacial score (nSPS) is 25.2. The minimum absolute atomic E-state index is 0.0481. The highest BCUT2D eigenvalue weighted by molar-refractivity contribution is 5.92. The SMILES string of the molecule is O=C(N[C@H]1COc2ccc(C(F)(F)F)cc2C1F)c1cc2n(n1)CCN(CC1CCCOC1)C2. The molecule has 11 heteroatoms. The highest BCUT2D eigenvalue weighted by Gasteiger charge is 2.37. The number of benzene rings is 1. The van der Waals surface area contributed by atoms with E-state index in [1.165, 1.54) is 0 Å². The van der Waals surface area contributed by atoms with Crippen molar-refractivity contribution in [3.8, 4) is 5.75 Å². The van der Waals surface area contributed by atoms with Crippen molar-refractivity contribution in [3.05, 3.63) is 46.8 Å². The van der Waals surface area contributed by atoms with E-state index in [-0.39, 0.29) is 23.6 Å². The number of hydrogen-bond acceptors (Lipinski definition) is 5. The molecule has 1 aromatic heterocycles. The number of amides is 1. The van der Waals surface area contributed by atoms with Crippen molar-refractivity contribution in [2.75, 3.05) is 32.9 Å². The van der Waals surface area contributed by atoms with Crippen LogP contribution in [0.1, 0.15) is 46.3 Å². The number of rotatable bonds is 4. The fraction of sp³-hybridized carbons (Fsp3) is 0.565. The molecule has 3 aliphatic heterocycles. The summed E-state index contributed by atoms with van der Waals surface area (Å²) < 4.78 is 66.9. The van der Waals surface area contributed by atoms with Crippen LogP contribution in [0.2, 0.25) is 0 Å². The Labute approximate surface area is 194 Å². The van der Waals surface area contributed by atoms with Crippen LogP contribution in [0.25, 0.3) is 0 Å². The van der Waals surface area contributed by atoms with Crippen molar-refractivity contribution < 1.29 is 31.8 Å². The minimum Gasteiger partial charge on any atom is -0.491 e. The van der Waals surface area contributed by atoms with Gasteiger partial charge in [-0.3, -0.25) is 14.4 Å². The van der Waals surface area contributed by atoms with Gasteiger partial charge in [0.1, 0.15) is 12.4 Å². The summed E-state index contributed by atoms with van der Waals surface area (Å²) >= 11 is 0. The van der Waals surface area contributed by atoms with E-state index in [9.17, 15) is 18.0 Å². The Kier molecular flexibility index (Phi) is 6.24. The van der Waals surface area contributed by atoms with Crippen LogP contribution in [0, 0.1) is 5.92 Å². The van der Waals surface area contributed by atoms with Crippen LogP contribution in [0.4, 0.5) is 17.6 Å². The Bertz CT molecular complexity index is 1050. The summed E-state index contributed by atoms with van der Waals surface area (Å²) in [5.74, 6) is -0.0350. The van der Waals surface area contributed by atoms with Crippen molar-refractivity contribution in [3.63, 3.8) is 0 Å². The van der Waals surface area contributed by atoms with Crippen molar-refractivity contribution in [1.82, 2.24) is 20.0 Å². The molecule has 1 aromatic carbocycles. The molecule has 184 valence electrons. The third-order valence-corrected chi connectivity index (χ3v) is 6.60. The average Bonchev–Trinajstić information content (AvgIpc) is 3.24. The lowest BCUT2D eigenvalue weighted by Crippen LogP contribution is -2.44. The highest BCUT2D eigenvalue weighted by Crippen LogP contribution is 2.39. The maximum Gasteiger partial charge on any atom is 0.416 e. The van der Waals surface area contributed by atoms with Gasteiger partial charge in [-0.25, -0.2) is 4.39 Å². The number of fused-ring (bicyclic) bond motifs is 2. The number of carbonyl (C=O) groups excluding carboxylic acids is 1. The second-order valence-electron chi connectivity index (χ2n) is 9.11. The van der Waals surface area contributed by atoms with Crippen LogP contribution in [-0.4, -0.2) is 59.5 Å². The van der Waals surface area contributed by atoms with Crippen LogP contribution < -0.4 is 10.1 Å². The summed E-state index contributed by atoms with van der Waals surface area (Å²) in [7, 11) is 0. The van der Waals surface area contributed by atoms with E-state index in [0.717, 1.165) is 63.0 Å². The van der Waals surface area contributed by atoms with Gasteiger partial charge in [-0.2, -0.15) is 18.3 Å². The molecule has 4 heterocycles. The minimum atomic E-state index is -4.60. The Hall–Kier alpha value is -2.66. The molecule has 0 aliphatic carbocycles. The van der Waals surface area contributed by atoms with E-state index in [0.29, 0.717) is 19.0 Å². The molecule has 0 saturated carbocycles. The van der Waals surface area contributed by atoms with E-state index in [1.807, 2.05) is 0 Å². The van der Waals surface area contributed by atoms with Crippen LogP contribution in [0.3, 0.4) is 0 Å². The fourth-order valence-electron chi connectivity index (χ4n) is 4.81. The number of nitrogens with one attached hydrogen (secondary N) is 1. The Morgan fingerprint density at radius 2 is 2.06 bits per heavy atom. The van der Waals surface area contributed by atoms with Crippen molar-refractivity contribution >= 4 is 5.91 Å². The van der Waals surface area contributed by atoms with Crippen LogP contribution in [0.5, 0.6) is 5.75 Å². The molecule has 2 aromatic rings. The van der Waals surface area contributed by atoms with Gasteiger partial charge in [0.2, 0.25) is 0 Å². The van der Waals surface area contributed by atoms with Gasteiger partial charge in [-0.05, 0) is 43.0 Å². The third-order valence-electron chi connectivity index (χ3n) is 6.60. The van der Waals surface area contributed by atoms with Crippen molar-refractivity contribution in [1.29, 1.82) is 0 Å². The lowest BCUT2D eigenvalue weighted by Gasteiger charge is -2.32. The molecular weight excluding hydrogens is 456 g/mol. The molecule has 3 aliphatic rings. The third kappa shape index (κ3) is 4.76.